The average Bonchev–Trinajstić information content (AvgIpc) is 1.04. The van der Waals surface area contributed by atoms with E-state index >= 15 is 0 Å². The second-order valence-electron chi connectivity index (χ2n) is 29.1. The number of phosphoric acid groups is 2. The number of unbranched alkanes of at least 4 members (excludes halogenated alkanes) is 47. The Morgan fingerprint density at radius 1 is 0.278 bits per heavy atom. The number of phosphoric ester groups is 2. The molecule has 97 heavy (non-hydrogen) atoms. The second kappa shape index (κ2) is 69.8. The number of aliphatic hydroxyl groups excluding tert-OH is 1. The Morgan fingerprint density at radius 3 is 0.701 bits per heavy atom. The van der Waals surface area contributed by atoms with Crippen molar-refractivity contribution >= 4 is 39.5 Å². The van der Waals surface area contributed by atoms with E-state index in [1.807, 2.05) is 0 Å². The van der Waals surface area contributed by atoms with Gasteiger partial charge < -0.3 is 33.8 Å². The maximum absolute atomic E-state index is 13.1. The molecule has 0 aromatic heterocycles. The highest BCUT2D eigenvalue weighted by Gasteiger charge is 2.30. The molecule has 0 radical (unpaired) electrons. The molecule has 0 fully saturated rings. The maximum atomic E-state index is 13.1. The smallest absolute Gasteiger partial charge is 0.462 e. The number of esters is 4. The first-order chi connectivity index (χ1) is 46.9. The molecule has 576 valence electrons. The second-order valence-corrected chi connectivity index (χ2v) is 32.0. The van der Waals surface area contributed by atoms with Crippen LogP contribution < -0.4 is 0 Å². The van der Waals surface area contributed by atoms with Gasteiger partial charge in [0.05, 0.1) is 26.4 Å². The van der Waals surface area contributed by atoms with Gasteiger partial charge in [-0.05, 0) is 37.5 Å². The third-order valence-corrected chi connectivity index (χ3v) is 20.1. The Balaban J connectivity index is 5.22. The van der Waals surface area contributed by atoms with Crippen molar-refractivity contribution < 1.29 is 80.2 Å². The number of carbonyl (C=O) groups excluding carboxylic acids is 4. The number of ether oxygens (including phenoxy) is 4. The fourth-order valence-corrected chi connectivity index (χ4v) is 13.6. The van der Waals surface area contributed by atoms with E-state index in [1.165, 1.54) is 218 Å². The minimum Gasteiger partial charge on any atom is -0.462 e. The summed E-state index contributed by atoms with van der Waals surface area (Å²) in [6.07, 6.45) is 58.4. The van der Waals surface area contributed by atoms with E-state index in [4.69, 9.17) is 37.0 Å². The Hall–Kier alpha value is -1.94. The van der Waals surface area contributed by atoms with Crippen LogP contribution in [-0.4, -0.2) is 96.7 Å². The quantitative estimate of drug-likeness (QED) is 0.0222. The summed E-state index contributed by atoms with van der Waals surface area (Å²) in [7, 11) is -9.91. The van der Waals surface area contributed by atoms with Crippen LogP contribution in [-0.2, 0) is 65.4 Å². The third-order valence-electron chi connectivity index (χ3n) is 18.2. The molecule has 3 N–H and O–H groups in total. The average molecular weight is 1420 g/mol. The van der Waals surface area contributed by atoms with E-state index in [9.17, 15) is 43.2 Å². The molecule has 0 amide bonds. The number of carbonyl (C=O) groups is 4. The summed E-state index contributed by atoms with van der Waals surface area (Å²) in [4.78, 5) is 72.8. The molecule has 0 heterocycles. The molecule has 0 aliphatic carbocycles. The molecule has 0 aliphatic rings. The number of hydrogen-bond donors (Lipinski definition) is 3. The summed E-state index contributed by atoms with van der Waals surface area (Å²) in [5, 5.41) is 10.6. The molecule has 0 rings (SSSR count). The normalized spacial score (nSPS) is 14.0. The molecule has 19 heteroatoms. The number of rotatable bonds is 77. The fourth-order valence-electron chi connectivity index (χ4n) is 12.0. The molecule has 5 atom stereocenters. The van der Waals surface area contributed by atoms with Crippen molar-refractivity contribution in [1.82, 2.24) is 0 Å². The van der Waals surface area contributed by atoms with Gasteiger partial charge >= 0.3 is 39.5 Å². The topological polar surface area (TPSA) is 237 Å². The standard InChI is InChI=1S/C78H152O17P2/c1-7-9-11-13-15-17-19-21-22-23-27-30-34-37-41-48-54-60-75(80)88-66-73(94-78(83)63-57-51-43-39-35-31-28-25-24-26-29-32-36-40-46-52-58-70(3)4)68-92-96(84,85)90-64-72(79)65-91-97(86,87)93-69-74(67-89-76(81)61-55-49-45-44-47-53-59-71(5)6)95-77(82)62-56-50-42-38-33-20-18-16-14-12-10-8-2/h70-74,79H,7-69H2,1-6H3,(H,84,85)(H,86,87)/t72-,73-,74-/m1/s1. The zero-order valence-corrected chi connectivity index (χ0v) is 65.2. The fraction of sp³-hybridized carbons (Fsp3) is 0.949. The predicted octanol–water partition coefficient (Wildman–Crippen LogP) is 23.1. The molecule has 0 spiro atoms. The largest absolute Gasteiger partial charge is 0.472 e. The summed E-state index contributed by atoms with van der Waals surface area (Å²) >= 11 is 0. The minimum absolute atomic E-state index is 0.106. The van der Waals surface area contributed by atoms with Gasteiger partial charge in [-0.3, -0.25) is 37.3 Å². The van der Waals surface area contributed by atoms with Gasteiger partial charge in [-0.1, -0.05) is 356 Å². The van der Waals surface area contributed by atoms with Gasteiger partial charge in [0.2, 0.25) is 0 Å². The molecule has 0 aliphatic heterocycles. The summed E-state index contributed by atoms with van der Waals surface area (Å²) in [5.74, 6) is -0.625. The van der Waals surface area contributed by atoms with E-state index in [0.29, 0.717) is 31.6 Å². The molecule has 0 saturated heterocycles. The van der Waals surface area contributed by atoms with Crippen molar-refractivity contribution in [3.05, 3.63) is 0 Å². The number of aliphatic hydroxyl groups is 1. The van der Waals surface area contributed by atoms with Gasteiger partial charge in [0.1, 0.15) is 19.3 Å². The van der Waals surface area contributed by atoms with Gasteiger partial charge in [-0.2, -0.15) is 0 Å². The van der Waals surface area contributed by atoms with Crippen molar-refractivity contribution in [2.45, 2.75) is 426 Å². The van der Waals surface area contributed by atoms with Crippen molar-refractivity contribution in [2.75, 3.05) is 39.6 Å². The zero-order valence-electron chi connectivity index (χ0n) is 63.4. The summed E-state index contributed by atoms with van der Waals surface area (Å²) in [6, 6.07) is 0. The van der Waals surface area contributed by atoms with E-state index in [0.717, 1.165) is 102 Å². The minimum atomic E-state index is -4.96. The zero-order chi connectivity index (χ0) is 71.4. The highest BCUT2D eigenvalue weighted by molar-refractivity contribution is 7.47. The third kappa shape index (κ3) is 72.2. The molecule has 17 nitrogen and oxygen atoms in total. The molecule has 2 unspecified atom stereocenters. The monoisotopic (exact) mass is 1420 g/mol. The van der Waals surface area contributed by atoms with Crippen LogP contribution in [0, 0.1) is 11.8 Å². The maximum Gasteiger partial charge on any atom is 0.472 e. The van der Waals surface area contributed by atoms with Crippen LogP contribution in [0.15, 0.2) is 0 Å². The van der Waals surface area contributed by atoms with E-state index < -0.39 is 97.5 Å². The lowest BCUT2D eigenvalue weighted by Gasteiger charge is -2.21. The molecule has 0 bridgehead atoms. The van der Waals surface area contributed by atoms with Crippen LogP contribution in [0.5, 0.6) is 0 Å². The van der Waals surface area contributed by atoms with Gasteiger partial charge in [-0.15, -0.1) is 0 Å². The molecule has 0 aromatic carbocycles. The Kier molecular flexibility index (Phi) is 68.4. The lowest BCUT2D eigenvalue weighted by molar-refractivity contribution is -0.161. The molecule has 0 aromatic rings. The molecule has 0 saturated carbocycles. The SMILES string of the molecule is CCCCCCCCCCCCCCCCCCCC(=O)OC[C@H](COP(=O)(O)OC[C@@H](O)COP(=O)(O)OC[C@@H](COC(=O)CCCCCCCCC(C)C)OC(=O)CCCCCCCCCCCCCC)OC(=O)CCCCCCCCCCCCCCCCCCC(C)C. The van der Waals surface area contributed by atoms with E-state index in [2.05, 4.69) is 41.5 Å². The van der Waals surface area contributed by atoms with Crippen LogP contribution >= 0.6 is 15.6 Å². The highest BCUT2D eigenvalue weighted by Crippen LogP contribution is 2.45. The van der Waals surface area contributed by atoms with E-state index in [1.54, 1.807) is 0 Å². The van der Waals surface area contributed by atoms with Crippen LogP contribution in [0.4, 0.5) is 0 Å². The Morgan fingerprint density at radius 2 is 0.474 bits per heavy atom. The summed E-state index contributed by atoms with van der Waals surface area (Å²) < 4.78 is 68.6. The van der Waals surface area contributed by atoms with Crippen molar-refractivity contribution in [1.29, 1.82) is 0 Å². The van der Waals surface area contributed by atoms with Gasteiger partial charge in [0, 0.05) is 25.7 Å². The Bertz CT molecular complexity index is 1870. The van der Waals surface area contributed by atoms with Crippen LogP contribution in [0.3, 0.4) is 0 Å². The van der Waals surface area contributed by atoms with Gasteiger partial charge in [0.15, 0.2) is 12.2 Å². The van der Waals surface area contributed by atoms with Gasteiger partial charge in [-0.25, -0.2) is 9.13 Å². The number of hydrogen-bond acceptors (Lipinski definition) is 15. The van der Waals surface area contributed by atoms with Crippen molar-refractivity contribution in [3.63, 3.8) is 0 Å². The molecular weight excluding hydrogens is 1270 g/mol. The van der Waals surface area contributed by atoms with Crippen molar-refractivity contribution in [3.8, 4) is 0 Å². The first-order valence-electron chi connectivity index (χ1n) is 40.5. The summed E-state index contributed by atoms with van der Waals surface area (Å²) in [6.45, 7) is 9.56. The van der Waals surface area contributed by atoms with Crippen LogP contribution in [0.2, 0.25) is 0 Å². The van der Waals surface area contributed by atoms with E-state index in [-0.39, 0.29) is 25.7 Å². The first kappa shape index (κ1) is 95.1. The van der Waals surface area contributed by atoms with Crippen LogP contribution in [0.25, 0.3) is 0 Å². The predicted molar refractivity (Wildman–Crippen MR) is 395 cm³/mol. The first-order valence-corrected chi connectivity index (χ1v) is 43.5. The Labute approximate surface area is 594 Å². The molecular formula is C78H152O17P2. The van der Waals surface area contributed by atoms with Crippen LogP contribution in [0.1, 0.15) is 408 Å². The van der Waals surface area contributed by atoms with Crippen molar-refractivity contribution in [2.24, 2.45) is 11.8 Å². The lowest BCUT2D eigenvalue weighted by atomic mass is 10.0. The lowest BCUT2D eigenvalue weighted by Crippen LogP contribution is -2.30. The highest BCUT2D eigenvalue weighted by atomic mass is 31.2. The van der Waals surface area contributed by atoms with Gasteiger partial charge in [0.25, 0.3) is 0 Å². The summed E-state index contributed by atoms with van der Waals surface area (Å²) in [5.41, 5.74) is 0.